The molecule has 2 heteroatoms. The van der Waals surface area contributed by atoms with Crippen molar-refractivity contribution in [2.24, 2.45) is 88.8 Å². The molecule has 2 heterocycles. The largest absolute Gasteiger partial charge is 0.374 e. The van der Waals surface area contributed by atoms with Crippen LogP contribution in [0.25, 0.3) is 0 Å². The van der Waals surface area contributed by atoms with Crippen LogP contribution >= 0.6 is 0 Å². The zero-order valence-corrected chi connectivity index (χ0v) is 20.9. The van der Waals surface area contributed by atoms with Crippen molar-refractivity contribution in [3.8, 4) is 0 Å². The quantitative estimate of drug-likeness (QED) is 0.378. The SMILES string of the molecule is CC1CCC(C(C)C)C(OC2CC3CC2C2C4OC(C32)C2C3CC(C5C6C=CC(C6)C35)C42)C1. The maximum absolute atomic E-state index is 7.16. The molecule has 6 saturated carbocycles. The van der Waals surface area contributed by atoms with E-state index in [0.29, 0.717) is 24.4 Å². The molecule has 2 aliphatic heterocycles. The number of ether oxygens (including phenoxy) is 2. The summed E-state index contributed by atoms with van der Waals surface area (Å²) in [6.07, 6.45) is 17.6. The summed E-state index contributed by atoms with van der Waals surface area (Å²) in [5.41, 5.74) is 0. The molecule has 0 radical (unpaired) electrons. The summed E-state index contributed by atoms with van der Waals surface area (Å²) < 4.78 is 14.2. The van der Waals surface area contributed by atoms with Gasteiger partial charge in [-0.1, -0.05) is 39.3 Å². The minimum atomic E-state index is 0.521. The molecule has 0 aromatic rings. The fourth-order valence-corrected chi connectivity index (χ4v) is 13.1. The van der Waals surface area contributed by atoms with Crippen LogP contribution in [0.2, 0.25) is 0 Å². The topological polar surface area (TPSA) is 18.5 Å². The van der Waals surface area contributed by atoms with Crippen LogP contribution in [-0.4, -0.2) is 24.4 Å². The van der Waals surface area contributed by atoms with Crippen molar-refractivity contribution in [2.45, 2.75) is 90.1 Å². The van der Waals surface area contributed by atoms with Gasteiger partial charge in [0.1, 0.15) is 0 Å². The lowest BCUT2D eigenvalue weighted by Crippen LogP contribution is -2.51. The normalized spacial score (nSPS) is 67.2. The Morgan fingerprint density at radius 2 is 1.39 bits per heavy atom. The molecule has 0 spiro atoms. The third-order valence-corrected chi connectivity index (χ3v) is 13.8. The first-order valence-electron chi connectivity index (χ1n) is 15.1. The summed E-state index contributed by atoms with van der Waals surface area (Å²) in [5, 5.41) is 0. The molecular formula is C31H44O2. The maximum Gasteiger partial charge on any atom is 0.0649 e. The van der Waals surface area contributed by atoms with Crippen LogP contribution in [0.15, 0.2) is 12.2 Å². The number of allylic oxidation sites excluding steroid dienone is 2. The standard InChI is InChI=1S/C31H44O2/c1-13(2)18-7-4-14(3)8-22(18)32-23-11-17-10-19(23)27-26(17)30-28-20-12-21(29(28)31(27)33-30)25-16-6-5-15(9-16)24(20)25/h5-6,13-31H,4,7-12H2,1-3H3. The lowest BCUT2D eigenvalue weighted by Gasteiger charge is -2.48. The van der Waals surface area contributed by atoms with Gasteiger partial charge in [-0.15, -0.1) is 0 Å². The van der Waals surface area contributed by atoms with Gasteiger partial charge in [0.25, 0.3) is 0 Å². The zero-order chi connectivity index (χ0) is 21.7. The van der Waals surface area contributed by atoms with Gasteiger partial charge in [-0.2, -0.15) is 0 Å². The van der Waals surface area contributed by atoms with Crippen LogP contribution in [0.5, 0.6) is 0 Å². The van der Waals surface area contributed by atoms with Gasteiger partial charge in [-0.3, -0.25) is 0 Å². The van der Waals surface area contributed by atoms with E-state index in [1.165, 1.54) is 38.5 Å². The fourth-order valence-electron chi connectivity index (χ4n) is 13.1. The molecule has 33 heavy (non-hydrogen) atoms. The van der Waals surface area contributed by atoms with Gasteiger partial charge in [0.15, 0.2) is 0 Å². The highest BCUT2D eigenvalue weighted by atomic mass is 16.5. The van der Waals surface area contributed by atoms with Crippen molar-refractivity contribution in [3.05, 3.63) is 12.2 Å². The molecule has 8 fully saturated rings. The van der Waals surface area contributed by atoms with E-state index >= 15 is 0 Å². The molecule has 2 saturated heterocycles. The summed E-state index contributed by atoms with van der Waals surface area (Å²) in [5.74, 6) is 13.7. The predicted molar refractivity (Wildman–Crippen MR) is 128 cm³/mol. The number of hydrogen-bond donors (Lipinski definition) is 0. The highest BCUT2D eigenvalue weighted by Crippen LogP contribution is 2.77. The van der Waals surface area contributed by atoms with Gasteiger partial charge in [0, 0.05) is 0 Å². The van der Waals surface area contributed by atoms with Crippen molar-refractivity contribution >= 4 is 0 Å². The van der Waals surface area contributed by atoms with Gasteiger partial charge in [0.2, 0.25) is 0 Å². The van der Waals surface area contributed by atoms with Gasteiger partial charge in [0.05, 0.1) is 24.4 Å². The first kappa shape index (κ1) is 19.8. The van der Waals surface area contributed by atoms with Crippen molar-refractivity contribution in [1.82, 2.24) is 0 Å². The van der Waals surface area contributed by atoms with Crippen LogP contribution in [0.3, 0.4) is 0 Å². The molecule has 18 atom stereocenters. The molecule has 0 aromatic heterocycles. The van der Waals surface area contributed by atoms with Gasteiger partial charge < -0.3 is 9.47 Å². The molecule has 7 aliphatic carbocycles. The van der Waals surface area contributed by atoms with E-state index in [-0.39, 0.29) is 0 Å². The van der Waals surface area contributed by atoms with Crippen molar-refractivity contribution in [2.75, 3.05) is 0 Å². The third-order valence-electron chi connectivity index (χ3n) is 13.8. The van der Waals surface area contributed by atoms with E-state index in [1.807, 2.05) is 0 Å². The Morgan fingerprint density at radius 3 is 2.12 bits per heavy atom. The second-order valence-electron chi connectivity index (χ2n) is 15.0. The van der Waals surface area contributed by atoms with Gasteiger partial charge in [-0.05, 0) is 127 Å². The van der Waals surface area contributed by atoms with E-state index in [1.54, 1.807) is 6.42 Å². The highest BCUT2D eigenvalue weighted by Gasteiger charge is 2.77. The molecule has 0 aromatic carbocycles. The summed E-state index contributed by atoms with van der Waals surface area (Å²) in [6.45, 7) is 7.33. The van der Waals surface area contributed by atoms with Crippen molar-refractivity contribution in [1.29, 1.82) is 0 Å². The predicted octanol–water partition coefficient (Wildman–Crippen LogP) is 6.21. The van der Waals surface area contributed by atoms with E-state index < -0.39 is 0 Å². The van der Waals surface area contributed by atoms with Gasteiger partial charge >= 0.3 is 0 Å². The average molecular weight is 449 g/mol. The van der Waals surface area contributed by atoms with E-state index in [2.05, 4.69) is 32.9 Å². The molecule has 180 valence electrons. The summed E-state index contributed by atoms with van der Waals surface area (Å²) >= 11 is 0. The molecule has 18 unspecified atom stereocenters. The van der Waals surface area contributed by atoms with Crippen LogP contribution in [0.1, 0.15) is 65.7 Å². The van der Waals surface area contributed by atoms with Crippen LogP contribution < -0.4 is 0 Å². The van der Waals surface area contributed by atoms with Crippen molar-refractivity contribution < 1.29 is 9.47 Å². The Balaban J connectivity index is 0.981. The molecule has 0 amide bonds. The van der Waals surface area contributed by atoms with Crippen LogP contribution in [-0.2, 0) is 9.47 Å². The summed E-state index contributed by atoms with van der Waals surface area (Å²) in [6, 6.07) is 0. The first-order chi connectivity index (χ1) is 16.1. The number of hydrogen-bond acceptors (Lipinski definition) is 2. The molecule has 8 bridgehead atoms. The molecule has 9 aliphatic rings. The maximum atomic E-state index is 7.16. The molecule has 9 rings (SSSR count). The second-order valence-corrected chi connectivity index (χ2v) is 15.0. The fraction of sp³-hybridized carbons (Fsp3) is 0.935. The number of fused-ring (bicyclic) bond motifs is 23. The molecular weight excluding hydrogens is 404 g/mol. The molecule has 2 nitrogen and oxygen atoms in total. The minimum absolute atomic E-state index is 0.521. The van der Waals surface area contributed by atoms with E-state index in [0.717, 1.165) is 88.8 Å². The Morgan fingerprint density at radius 1 is 0.697 bits per heavy atom. The van der Waals surface area contributed by atoms with Crippen LogP contribution in [0.4, 0.5) is 0 Å². The smallest absolute Gasteiger partial charge is 0.0649 e. The Kier molecular flexibility index (Phi) is 3.90. The average Bonchev–Trinajstić information content (AvgIpc) is 3.61. The monoisotopic (exact) mass is 448 g/mol. The van der Waals surface area contributed by atoms with Crippen molar-refractivity contribution in [3.63, 3.8) is 0 Å². The third kappa shape index (κ3) is 2.32. The summed E-state index contributed by atoms with van der Waals surface area (Å²) in [7, 11) is 0. The highest BCUT2D eigenvalue weighted by molar-refractivity contribution is 5.28. The molecule has 0 N–H and O–H groups in total. The Bertz CT molecular complexity index is 878. The summed E-state index contributed by atoms with van der Waals surface area (Å²) in [4.78, 5) is 0. The number of rotatable bonds is 3. The zero-order valence-electron chi connectivity index (χ0n) is 20.9. The minimum Gasteiger partial charge on any atom is -0.374 e. The van der Waals surface area contributed by atoms with E-state index in [9.17, 15) is 0 Å². The lowest BCUT2D eigenvalue weighted by atomic mass is 9.55. The van der Waals surface area contributed by atoms with E-state index in [4.69, 9.17) is 9.47 Å². The Hall–Kier alpha value is -0.340. The van der Waals surface area contributed by atoms with Crippen LogP contribution in [0, 0.1) is 88.8 Å². The second kappa shape index (κ2) is 6.50. The first-order valence-corrected chi connectivity index (χ1v) is 15.1. The van der Waals surface area contributed by atoms with Gasteiger partial charge in [-0.25, -0.2) is 0 Å². The Labute approximate surface area is 200 Å². The lowest BCUT2D eigenvalue weighted by molar-refractivity contribution is -0.117.